The van der Waals surface area contributed by atoms with Crippen molar-refractivity contribution in [3.63, 3.8) is 0 Å². The Morgan fingerprint density at radius 3 is 2.86 bits per heavy atom. The van der Waals surface area contributed by atoms with Gasteiger partial charge in [0.1, 0.15) is 5.00 Å². The molecule has 3 N–H and O–H groups in total. The third-order valence-electron chi connectivity index (χ3n) is 4.95. The van der Waals surface area contributed by atoms with Crippen LogP contribution in [0.25, 0.3) is 0 Å². The molecule has 1 aliphatic carbocycles. The van der Waals surface area contributed by atoms with Crippen LogP contribution in [-0.2, 0) is 22.4 Å². The van der Waals surface area contributed by atoms with E-state index in [0.717, 1.165) is 29.7 Å². The van der Waals surface area contributed by atoms with Crippen LogP contribution in [0.1, 0.15) is 44.5 Å². The van der Waals surface area contributed by atoms with Gasteiger partial charge in [0.25, 0.3) is 11.8 Å². The van der Waals surface area contributed by atoms with E-state index in [-0.39, 0.29) is 12.4 Å². The standard InChI is InChI=1S/C20H20N2O6S/c1-10-2-4-12-15(6-10)29-19(17(12)18(21)24)22-16(23)8-26-20(25)11-3-5-13-14(7-11)28-9-27-13/h3,5,7,10H,2,4,6,8-9H2,1H3,(H2,21,24)(H,22,23). The second-order valence-corrected chi connectivity index (χ2v) is 8.22. The molecule has 0 saturated carbocycles. The van der Waals surface area contributed by atoms with Crippen molar-refractivity contribution in [1.29, 1.82) is 0 Å². The molecule has 0 spiro atoms. The van der Waals surface area contributed by atoms with Gasteiger partial charge in [0.15, 0.2) is 18.1 Å². The zero-order chi connectivity index (χ0) is 20.5. The predicted octanol–water partition coefficient (Wildman–Crippen LogP) is 2.50. The van der Waals surface area contributed by atoms with E-state index in [1.807, 2.05) is 0 Å². The van der Waals surface area contributed by atoms with Crippen LogP contribution in [-0.4, -0.2) is 31.2 Å². The Kier molecular flexibility index (Phi) is 5.14. The average molecular weight is 416 g/mol. The Hall–Kier alpha value is -3.07. The van der Waals surface area contributed by atoms with Crippen LogP contribution >= 0.6 is 11.3 Å². The number of nitrogens with two attached hydrogens (primary N) is 1. The first-order valence-corrected chi connectivity index (χ1v) is 10.0. The molecular weight excluding hydrogens is 396 g/mol. The minimum Gasteiger partial charge on any atom is -0.454 e. The normalized spacial score (nSPS) is 16.8. The summed E-state index contributed by atoms with van der Waals surface area (Å²) in [7, 11) is 0. The molecule has 2 amide bonds. The summed E-state index contributed by atoms with van der Waals surface area (Å²) in [5.41, 5.74) is 7.09. The number of amides is 2. The van der Waals surface area contributed by atoms with Gasteiger partial charge in [-0.25, -0.2) is 4.79 Å². The van der Waals surface area contributed by atoms with E-state index in [4.69, 9.17) is 19.9 Å². The summed E-state index contributed by atoms with van der Waals surface area (Å²) in [6.07, 6.45) is 2.60. The number of fused-ring (bicyclic) bond motifs is 2. The fourth-order valence-corrected chi connectivity index (χ4v) is 4.93. The first-order chi connectivity index (χ1) is 13.9. The summed E-state index contributed by atoms with van der Waals surface area (Å²) < 4.78 is 15.5. The molecule has 2 heterocycles. The van der Waals surface area contributed by atoms with E-state index in [1.54, 1.807) is 6.07 Å². The number of thiophene rings is 1. The number of carbonyl (C=O) groups excluding carboxylic acids is 3. The smallest absolute Gasteiger partial charge is 0.338 e. The highest BCUT2D eigenvalue weighted by Gasteiger charge is 2.27. The third-order valence-corrected chi connectivity index (χ3v) is 6.12. The molecular formula is C20H20N2O6S. The van der Waals surface area contributed by atoms with Crippen LogP contribution < -0.4 is 20.5 Å². The van der Waals surface area contributed by atoms with Gasteiger partial charge in [0, 0.05) is 4.88 Å². The number of esters is 1. The van der Waals surface area contributed by atoms with Gasteiger partial charge in [-0.2, -0.15) is 0 Å². The molecule has 1 aliphatic heterocycles. The number of ether oxygens (including phenoxy) is 3. The number of hydrogen-bond donors (Lipinski definition) is 2. The Morgan fingerprint density at radius 2 is 2.07 bits per heavy atom. The SMILES string of the molecule is CC1CCc2c(sc(NC(=O)COC(=O)c3ccc4c(c3)OCO4)c2C(N)=O)C1. The summed E-state index contributed by atoms with van der Waals surface area (Å²) in [6.45, 7) is 1.77. The summed E-state index contributed by atoms with van der Waals surface area (Å²) in [6, 6.07) is 4.64. The zero-order valence-corrected chi connectivity index (χ0v) is 16.6. The van der Waals surface area contributed by atoms with Gasteiger partial charge in [0.05, 0.1) is 11.1 Å². The predicted molar refractivity (Wildman–Crippen MR) is 106 cm³/mol. The lowest BCUT2D eigenvalue weighted by Gasteiger charge is -2.18. The molecule has 29 heavy (non-hydrogen) atoms. The minimum absolute atomic E-state index is 0.0992. The van der Waals surface area contributed by atoms with E-state index in [9.17, 15) is 14.4 Å². The molecule has 0 saturated heterocycles. The quantitative estimate of drug-likeness (QED) is 0.724. The largest absolute Gasteiger partial charge is 0.454 e. The van der Waals surface area contributed by atoms with Crippen LogP contribution in [0.3, 0.4) is 0 Å². The fraction of sp³-hybridized carbons (Fsp3) is 0.350. The maximum atomic E-state index is 12.3. The van der Waals surface area contributed by atoms with Gasteiger partial charge in [-0.05, 0) is 48.9 Å². The highest BCUT2D eigenvalue weighted by atomic mass is 32.1. The number of carbonyl (C=O) groups is 3. The van der Waals surface area contributed by atoms with Crippen molar-refractivity contribution in [3.05, 3.63) is 39.8 Å². The Balaban J connectivity index is 1.41. The van der Waals surface area contributed by atoms with Crippen molar-refractivity contribution in [2.24, 2.45) is 11.7 Å². The molecule has 2 aliphatic rings. The first-order valence-electron chi connectivity index (χ1n) is 9.23. The molecule has 152 valence electrons. The second kappa shape index (κ2) is 7.75. The molecule has 2 aromatic rings. The molecule has 1 aromatic heterocycles. The zero-order valence-electron chi connectivity index (χ0n) is 15.8. The van der Waals surface area contributed by atoms with Crippen LogP contribution in [0, 0.1) is 5.92 Å². The summed E-state index contributed by atoms with van der Waals surface area (Å²) >= 11 is 1.36. The van der Waals surface area contributed by atoms with Gasteiger partial charge in [0.2, 0.25) is 6.79 Å². The monoisotopic (exact) mass is 416 g/mol. The maximum absolute atomic E-state index is 12.3. The molecule has 1 unspecified atom stereocenters. The highest BCUT2D eigenvalue weighted by Crippen LogP contribution is 2.39. The number of anilines is 1. The summed E-state index contributed by atoms with van der Waals surface area (Å²) in [5, 5.41) is 3.09. The van der Waals surface area contributed by atoms with Gasteiger partial charge in [-0.3, -0.25) is 9.59 Å². The van der Waals surface area contributed by atoms with E-state index in [1.165, 1.54) is 23.5 Å². The second-order valence-electron chi connectivity index (χ2n) is 7.11. The molecule has 0 fully saturated rings. The highest BCUT2D eigenvalue weighted by molar-refractivity contribution is 7.17. The average Bonchev–Trinajstić information content (AvgIpc) is 3.28. The molecule has 0 radical (unpaired) electrons. The Labute approximate surface area is 170 Å². The van der Waals surface area contributed by atoms with Crippen molar-refractivity contribution in [2.75, 3.05) is 18.7 Å². The minimum atomic E-state index is -0.659. The van der Waals surface area contributed by atoms with Crippen molar-refractivity contribution in [1.82, 2.24) is 0 Å². The molecule has 8 nitrogen and oxygen atoms in total. The Morgan fingerprint density at radius 1 is 1.28 bits per heavy atom. The van der Waals surface area contributed by atoms with Crippen LogP contribution in [0.5, 0.6) is 11.5 Å². The number of primary amides is 1. The van der Waals surface area contributed by atoms with Gasteiger partial charge in [-0.15, -0.1) is 11.3 Å². The number of benzene rings is 1. The lowest BCUT2D eigenvalue weighted by atomic mass is 9.88. The summed E-state index contributed by atoms with van der Waals surface area (Å²) in [4.78, 5) is 37.5. The van der Waals surface area contributed by atoms with E-state index in [2.05, 4.69) is 12.2 Å². The molecule has 1 aromatic carbocycles. The molecule has 9 heteroatoms. The van der Waals surface area contributed by atoms with Crippen LogP contribution in [0.2, 0.25) is 0 Å². The summed E-state index contributed by atoms with van der Waals surface area (Å²) in [5.74, 6) is -0.235. The molecule has 0 bridgehead atoms. The fourth-order valence-electron chi connectivity index (χ4n) is 3.50. The first kappa shape index (κ1) is 19.3. The van der Waals surface area contributed by atoms with Gasteiger partial charge in [-0.1, -0.05) is 6.92 Å². The van der Waals surface area contributed by atoms with E-state index < -0.39 is 24.4 Å². The van der Waals surface area contributed by atoms with E-state index in [0.29, 0.717) is 28.0 Å². The van der Waals surface area contributed by atoms with Crippen molar-refractivity contribution < 1.29 is 28.6 Å². The van der Waals surface area contributed by atoms with Crippen LogP contribution in [0.15, 0.2) is 18.2 Å². The third kappa shape index (κ3) is 3.91. The number of hydrogen-bond acceptors (Lipinski definition) is 7. The lowest BCUT2D eigenvalue weighted by molar-refractivity contribution is -0.119. The topological polar surface area (TPSA) is 117 Å². The van der Waals surface area contributed by atoms with Crippen molar-refractivity contribution in [2.45, 2.75) is 26.2 Å². The van der Waals surface area contributed by atoms with Gasteiger partial charge < -0.3 is 25.3 Å². The van der Waals surface area contributed by atoms with Crippen LogP contribution in [0.4, 0.5) is 5.00 Å². The molecule has 1 atom stereocenters. The van der Waals surface area contributed by atoms with Crippen molar-refractivity contribution in [3.8, 4) is 11.5 Å². The lowest BCUT2D eigenvalue weighted by Crippen LogP contribution is -2.23. The van der Waals surface area contributed by atoms with Gasteiger partial charge >= 0.3 is 5.97 Å². The van der Waals surface area contributed by atoms with Crippen molar-refractivity contribution >= 4 is 34.1 Å². The number of rotatable bonds is 5. The maximum Gasteiger partial charge on any atom is 0.338 e. The molecule has 4 rings (SSSR count). The van der Waals surface area contributed by atoms with E-state index >= 15 is 0 Å². The Bertz CT molecular complexity index is 999. The number of nitrogens with one attached hydrogen (secondary N) is 1.